The highest BCUT2D eigenvalue weighted by molar-refractivity contribution is 5.87. The van der Waals surface area contributed by atoms with Crippen molar-refractivity contribution >= 4 is 11.9 Å². The van der Waals surface area contributed by atoms with Gasteiger partial charge in [-0.3, -0.25) is 9.59 Å². The molecule has 18 heavy (non-hydrogen) atoms. The fourth-order valence-electron chi connectivity index (χ4n) is 1.60. The lowest BCUT2D eigenvalue weighted by Crippen LogP contribution is -2.51. The molecule has 0 spiro atoms. The molecule has 0 fully saturated rings. The highest BCUT2D eigenvalue weighted by Crippen LogP contribution is 2.17. The van der Waals surface area contributed by atoms with Gasteiger partial charge in [-0.1, -0.05) is 30.3 Å². The molecule has 0 radical (unpaired) electrons. The summed E-state index contributed by atoms with van der Waals surface area (Å²) in [5, 5.41) is 11.2. The van der Waals surface area contributed by atoms with Crippen molar-refractivity contribution in [2.75, 3.05) is 0 Å². The van der Waals surface area contributed by atoms with E-state index in [0.29, 0.717) is 5.56 Å². The molecule has 4 N–H and O–H groups in total. The van der Waals surface area contributed by atoms with Gasteiger partial charge in [-0.05, 0) is 19.4 Å². The highest BCUT2D eigenvalue weighted by Gasteiger charge is 2.31. The molecule has 0 saturated carbocycles. The Bertz CT molecular complexity index is 429. The molecule has 0 heterocycles. The Morgan fingerprint density at radius 3 is 2.44 bits per heavy atom. The van der Waals surface area contributed by atoms with Crippen molar-refractivity contribution in [1.82, 2.24) is 5.32 Å². The van der Waals surface area contributed by atoms with Crippen molar-refractivity contribution in [3.05, 3.63) is 35.9 Å². The molecule has 5 heteroatoms. The molecule has 1 amide bonds. The van der Waals surface area contributed by atoms with Crippen LogP contribution in [0, 0.1) is 0 Å². The van der Waals surface area contributed by atoms with Crippen LogP contribution in [-0.4, -0.2) is 23.0 Å². The third kappa shape index (κ3) is 3.56. The van der Waals surface area contributed by atoms with E-state index in [9.17, 15) is 9.59 Å². The smallest absolute Gasteiger partial charge is 0.305 e. The topological polar surface area (TPSA) is 92.4 Å². The van der Waals surface area contributed by atoms with E-state index in [0.717, 1.165) is 0 Å². The fraction of sp³-hybridized carbons (Fsp3) is 0.385. The lowest BCUT2D eigenvalue weighted by atomic mass is 9.92. The number of rotatable bonds is 5. The minimum Gasteiger partial charge on any atom is -0.481 e. The summed E-state index contributed by atoms with van der Waals surface area (Å²) < 4.78 is 0. The highest BCUT2D eigenvalue weighted by atomic mass is 16.4. The largest absolute Gasteiger partial charge is 0.481 e. The summed E-state index contributed by atoms with van der Waals surface area (Å²) in [5.74, 6) is -1.34. The Morgan fingerprint density at radius 2 is 1.94 bits per heavy atom. The molecular formula is C13H18N2O3. The van der Waals surface area contributed by atoms with Crippen molar-refractivity contribution in [2.24, 2.45) is 5.73 Å². The van der Waals surface area contributed by atoms with Gasteiger partial charge in [-0.2, -0.15) is 0 Å². The molecule has 1 aromatic carbocycles. The van der Waals surface area contributed by atoms with E-state index in [-0.39, 0.29) is 12.3 Å². The van der Waals surface area contributed by atoms with E-state index < -0.39 is 17.6 Å². The van der Waals surface area contributed by atoms with Gasteiger partial charge in [-0.15, -0.1) is 0 Å². The van der Waals surface area contributed by atoms with Crippen LogP contribution in [0.1, 0.15) is 25.8 Å². The molecular weight excluding hydrogens is 232 g/mol. The van der Waals surface area contributed by atoms with Crippen molar-refractivity contribution < 1.29 is 14.7 Å². The van der Waals surface area contributed by atoms with E-state index in [1.54, 1.807) is 38.1 Å². The summed E-state index contributed by atoms with van der Waals surface area (Å²) in [6.07, 6.45) is -0.128. The van der Waals surface area contributed by atoms with E-state index in [4.69, 9.17) is 10.8 Å². The first-order valence-corrected chi connectivity index (χ1v) is 5.71. The lowest BCUT2D eigenvalue weighted by Gasteiger charge is -2.26. The summed E-state index contributed by atoms with van der Waals surface area (Å²) in [6, 6.07) is 8.51. The Labute approximate surface area is 106 Å². The van der Waals surface area contributed by atoms with E-state index in [2.05, 4.69) is 5.32 Å². The van der Waals surface area contributed by atoms with Gasteiger partial charge in [0.2, 0.25) is 5.91 Å². The van der Waals surface area contributed by atoms with Crippen molar-refractivity contribution in [3.8, 4) is 0 Å². The average molecular weight is 250 g/mol. The number of hydrogen-bond acceptors (Lipinski definition) is 3. The molecule has 2 atom stereocenters. The maximum Gasteiger partial charge on any atom is 0.305 e. The van der Waals surface area contributed by atoms with Crippen molar-refractivity contribution in [2.45, 2.75) is 31.8 Å². The Kier molecular flexibility index (Phi) is 4.44. The standard InChI is InChI=1S/C13H18N2O3/c1-9(8-11(16)17)15-12(18)13(2,14)10-6-4-3-5-7-10/h3-7,9H,8,14H2,1-2H3,(H,15,18)(H,16,17). The molecule has 0 aliphatic rings. The summed E-state index contributed by atoms with van der Waals surface area (Å²) in [5.41, 5.74) is 5.51. The van der Waals surface area contributed by atoms with Gasteiger partial charge in [0.05, 0.1) is 6.42 Å². The first-order valence-electron chi connectivity index (χ1n) is 5.71. The number of carboxylic acid groups (broad SMARTS) is 1. The molecule has 0 aliphatic carbocycles. The van der Waals surface area contributed by atoms with Gasteiger partial charge < -0.3 is 16.2 Å². The maximum atomic E-state index is 12.0. The number of benzene rings is 1. The number of aliphatic carboxylic acids is 1. The van der Waals surface area contributed by atoms with Crippen LogP contribution in [0.25, 0.3) is 0 Å². The second-order valence-corrected chi connectivity index (χ2v) is 4.54. The van der Waals surface area contributed by atoms with E-state index >= 15 is 0 Å². The van der Waals surface area contributed by atoms with Gasteiger partial charge >= 0.3 is 5.97 Å². The van der Waals surface area contributed by atoms with Gasteiger partial charge in [-0.25, -0.2) is 0 Å². The molecule has 0 aromatic heterocycles. The van der Waals surface area contributed by atoms with Gasteiger partial charge in [0, 0.05) is 6.04 Å². The van der Waals surface area contributed by atoms with Crippen molar-refractivity contribution in [1.29, 1.82) is 0 Å². The molecule has 0 saturated heterocycles. The molecule has 1 rings (SSSR count). The third-order valence-corrected chi connectivity index (χ3v) is 2.70. The normalized spacial score (nSPS) is 15.5. The number of nitrogens with one attached hydrogen (secondary N) is 1. The summed E-state index contributed by atoms with van der Waals surface area (Å²) in [4.78, 5) is 22.6. The number of hydrogen-bond donors (Lipinski definition) is 3. The first kappa shape index (κ1) is 14.2. The van der Waals surface area contributed by atoms with Crippen LogP contribution in [0.15, 0.2) is 30.3 Å². The number of carbonyl (C=O) groups is 2. The molecule has 5 nitrogen and oxygen atoms in total. The molecule has 0 aliphatic heterocycles. The summed E-state index contributed by atoms with van der Waals surface area (Å²) in [6.45, 7) is 3.23. The van der Waals surface area contributed by atoms with E-state index in [1.807, 2.05) is 6.07 Å². The van der Waals surface area contributed by atoms with Crippen LogP contribution in [0.4, 0.5) is 0 Å². The molecule has 1 aromatic rings. The zero-order valence-electron chi connectivity index (χ0n) is 10.5. The van der Waals surface area contributed by atoms with Gasteiger partial charge in [0.25, 0.3) is 0 Å². The van der Waals surface area contributed by atoms with Crippen LogP contribution in [0.2, 0.25) is 0 Å². The quantitative estimate of drug-likeness (QED) is 0.722. The Balaban J connectivity index is 2.74. The van der Waals surface area contributed by atoms with E-state index in [1.165, 1.54) is 0 Å². The average Bonchev–Trinajstić information content (AvgIpc) is 2.28. The zero-order valence-corrected chi connectivity index (χ0v) is 10.5. The second kappa shape index (κ2) is 5.64. The molecule has 2 unspecified atom stereocenters. The van der Waals surface area contributed by atoms with Crippen LogP contribution < -0.4 is 11.1 Å². The molecule has 98 valence electrons. The number of carboxylic acids is 1. The fourth-order valence-corrected chi connectivity index (χ4v) is 1.60. The summed E-state index contributed by atoms with van der Waals surface area (Å²) >= 11 is 0. The predicted octanol–water partition coefficient (Wildman–Crippen LogP) is 0.840. The zero-order chi connectivity index (χ0) is 13.8. The monoisotopic (exact) mass is 250 g/mol. The van der Waals surface area contributed by atoms with Gasteiger partial charge in [0.1, 0.15) is 5.54 Å². The van der Waals surface area contributed by atoms with Gasteiger partial charge in [0.15, 0.2) is 0 Å². The SMILES string of the molecule is CC(CC(=O)O)NC(=O)C(C)(N)c1ccccc1. The van der Waals surface area contributed by atoms with Crippen LogP contribution in [0.5, 0.6) is 0 Å². The minimum absolute atomic E-state index is 0.128. The summed E-state index contributed by atoms with van der Waals surface area (Å²) in [7, 11) is 0. The van der Waals surface area contributed by atoms with Crippen LogP contribution in [0.3, 0.4) is 0 Å². The number of carbonyl (C=O) groups excluding carboxylic acids is 1. The number of amides is 1. The minimum atomic E-state index is -1.17. The third-order valence-electron chi connectivity index (χ3n) is 2.70. The number of nitrogens with two attached hydrogens (primary N) is 1. The molecule has 0 bridgehead atoms. The maximum absolute atomic E-state index is 12.0. The first-order chi connectivity index (χ1) is 8.34. The Morgan fingerprint density at radius 1 is 1.39 bits per heavy atom. The second-order valence-electron chi connectivity index (χ2n) is 4.54. The van der Waals surface area contributed by atoms with Crippen molar-refractivity contribution in [3.63, 3.8) is 0 Å². The van der Waals surface area contributed by atoms with Crippen LogP contribution in [-0.2, 0) is 15.1 Å². The lowest BCUT2D eigenvalue weighted by molar-refractivity contribution is -0.137. The predicted molar refractivity (Wildman–Crippen MR) is 67.8 cm³/mol. The van der Waals surface area contributed by atoms with Crippen LogP contribution >= 0.6 is 0 Å². The Hall–Kier alpha value is -1.88.